The molecule has 1 amide bonds. The molecule has 2 heterocycles. The number of hydrogen-bond donors (Lipinski definition) is 2. The lowest BCUT2D eigenvalue weighted by atomic mass is 10.3. The Bertz CT molecular complexity index is 627. The molecule has 2 aromatic heterocycles. The van der Waals surface area contributed by atoms with Gasteiger partial charge in [0.25, 0.3) is 5.91 Å². The number of carbonyl (C=O) groups is 2. The summed E-state index contributed by atoms with van der Waals surface area (Å²) in [4.78, 5) is 27.5. The number of thiazole rings is 1. The molecule has 0 aliphatic heterocycles. The molecule has 2 rings (SSSR count). The molecule has 0 aliphatic carbocycles. The van der Waals surface area contributed by atoms with Crippen molar-refractivity contribution in [2.75, 3.05) is 11.9 Å². The number of hydrogen-bond acceptors (Lipinski definition) is 6. The average Bonchev–Trinajstić information content (AvgIpc) is 3.01. The summed E-state index contributed by atoms with van der Waals surface area (Å²) >= 11 is 1.08. The molecule has 0 radical (unpaired) electrons. The number of carbonyl (C=O) groups excluding carboxylic acids is 2. The number of nitrogens with zero attached hydrogens (tertiary/aromatic N) is 2. The summed E-state index contributed by atoms with van der Waals surface area (Å²) in [6, 6.07) is 0. The highest BCUT2D eigenvalue weighted by Crippen LogP contribution is 2.18. The van der Waals surface area contributed by atoms with Gasteiger partial charge in [-0.25, -0.2) is 9.78 Å². The normalized spacial score (nSPS) is 10.3. The van der Waals surface area contributed by atoms with E-state index in [2.05, 4.69) is 20.5 Å². The first-order chi connectivity index (χ1) is 9.52. The largest absolute Gasteiger partial charge is 0.461 e. The van der Waals surface area contributed by atoms with Crippen molar-refractivity contribution in [2.45, 2.75) is 20.8 Å². The van der Waals surface area contributed by atoms with Gasteiger partial charge >= 0.3 is 5.97 Å². The number of ether oxygens (including phenoxy) is 1. The second-order valence-corrected chi connectivity index (χ2v) is 4.88. The number of aryl methyl sites for hydroxylation is 2. The highest BCUT2D eigenvalue weighted by molar-refractivity contribution is 7.11. The van der Waals surface area contributed by atoms with Gasteiger partial charge in [0, 0.05) is 5.38 Å². The number of H-pyrrole nitrogens is 1. The number of aromatic amines is 1. The smallest absolute Gasteiger partial charge is 0.367 e. The van der Waals surface area contributed by atoms with Crippen molar-refractivity contribution in [3.05, 3.63) is 27.5 Å². The number of aromatic nitrogens is 3. The van der Waals surface area contributed by atoms with E-state index in [4.69, 9.17) is 4.74 Å². The summed E-state index contributed by atoms with van der Waals surface area (Å²) in [5.74, 6) is -0.906. The minimum absolute atomic E-state index is 0.164. The summed E-state index contributed by atoms with van der Waals surface area (Å²) < 4.78 is 4.83. The van der Waals surface area contributed by atoms with Crippen LogP contribution >= 0.6 is 11.3 Å². The molecular weight excluding hydrogens is 280 g/mol. The first-order valence-corrected chi connectivity index (χ1v) is 6.86. The SMILES string of the molecule is CCOC(=O)c1nc(C(=O)Nc2c(C)n[nH]c2C)cs1. The number of rotatable bonds is 4. The third kappa shape index (κ3) is 2.85. The number of anilines is 1. The molecule has 0 atom stereocenters. The Balaban J connectivity index is 2.12. The van der Waals surface area contributed by atoms with Crippen LogP contribution in [-0.4, -0.2) is 33.7 Å². The molecule has 0 saturated heterocycles. The fraction of sp³-hybridized carbons (Fsp3) is 0.333. The molecule has 2 N–H and O–H groups in total. The van der Waals surface area contributed by atoms with Gasteiger partial charge in [0.2, 0.25) is 5.01 Å². The Kier molecular flexibility index (Phi) is 4.14. The van der Waals surface area contributed by atoms with Gasteiger partial charge in [-0.3, -0.25) is 9.89 Å². The molecule has 8 heteroatoms. The van der Waals surface area contributed by atoms with Crippen molar-refractivity contribution >= 4 is 28.9 Å². The van der Waals surface area contributed by atoms with Crippen LogP contribution in [0.15, 0.2) is 5.38 Å². The monoisotopic (exact) mass is 294 g/mol. The van der Waals surface area contributed by atoms with E-state index in [-0.39, 0.29) is 23.2 Å². The third-order valence-electron chi connectivity index (χ3n) is 2.55. The molecule has 7 nitrogen and oxygen atoms in total. The summed E-state index contributed by atoms with van der Waals surface area (Å²) in [6.45, 7) is 5.57. The number of amides is 1. The summed E-state index contributed by atoms with van der Waals surface area (Å²) in [6.07, 6.45) is 0. The first kappa shape index (κ1) is 14.2. The van der Waals surface area contributed by atoms with Crippen LogP contribution in [0.5, 0.6) is 0 Å². The van der Waals surface area contributed by atoms with Crippen LogP contribution in [0.4, 0.5) is 5.69 Å². The van der Waals surface area contributed by atoms with Crippen molar-refractivity contribution in [2.24, 2.45) is 0 Å². The van der Waals surface area contributed by atoms with Gasteiger partial charge < -0.3 is 10.1 Å². The highest BCUT2D eigenvalue weighted by Gasteiger charge is 2.18. The molecule has 20 heavy (non-hydrogen) atoms. The molecule has 0 aliphatic rings. The molecule has 0 fully saturated rings. The second-order valence-electron chi connectivity index (χ2n) is 4.02. The zero-order chi connectivity index (χ0) is 14.7. The van der Waals surface area contributed by atoms with E-state index in [0.29, 0.717) is 11.4 Å². The summed E-state index contributed by atoms with van der Waals surface area (Å²) in [5, 5.41) is 11.2. The fourth-order valence-electron chi connectivity index (χ4n) is 1.58. The lowest BCUT2D eigenvalue weighted by molar-refractivity contribution is 0.0526. The van der Waals surface area contributed by atoms with Gasteiger partial charge in [-0.05, 0) is 20.8 Å². The van der Waals surface area contributed by atoms with Crippen LogP contribution in [-0.2, 0) is 4.74 Å². The van der Waals surface area contributed by atoms with E-state index in [1.165, 1.54) is 5.38 Å². The van der Waals surface area contributed by atoms with Crippen molar-refractivity contribution in [1.82, 2.24) is 15.2 Å². The van der Waals surface area contributed by atoms with Crippen molar-refractivity contribution in [3.63, 3.8) is 0 Å². The molecule has 0 aromatic carbocycles. The van der Waals surface area contributed by atoms with Gasteiger partial charge in [0.15, 0.2) is 0 Å². The van der Waals surface area contributed by atoms with E-state index < -0.39 is 5.97 Å². The molecule has 0 spiro atoms. The third-order valence-corrected chi connectivity index (χ3v) is 3.38. The minimum atomic E-state index is -0.521. The van der Waals surface area contributed by atoms with E-state index >= 15 is 0 Å². The Morgan fingerprint density at radius 1 is 1.45 bits per heavy atom. The van der Waals surface area contributed by atoms with Crippen LogP contribution in [0, 0.1) is 13.8 Å². The maximum atomic E-state index is 12.0. The standard InChI is InChI=1S/C12H14N4O3S/c1-4-19-12(18)11-13-8(5-20-11)10(17)14-9-6(2)15-16-7(9)3/h5H,4H2,1-3H3,(H,14,17)(H,15,16). The maximum absolute atomic E-state index is 12.0. The van der Waals surface area contributed by atoms with Gasteiger partial charge in [-0.2, -0.15) is 5.10 Å². The molecule has 2 aromatic rings. The Morgan fingerprint density at radius 3 is 2.80 bits per heavy atom. The molecule has 0 saturated carbocycles. The quantitative estimate of drug-likeness (QED) is 0.840. The highest BCUT2D eigenvalue weighted by atomic mass is 32.1. The van der Waals surface area contributed by atoms with E-state index in [9.17, 15) is 9.59 Å². The lowest BCUT2D eigenvalue weighted by Gasteiger charge is -2.02. The predicted octanol–water partition coefficient (Wildman–Crippen LogP) is 1.91. The number of nitrogens with one attached hydrogen (secondary N) is 2. The average molecular weight is 294 g/mol. The number of esters is 1. The van der Waals surface area contributed by atoms with E-state index in [1.807, 2.05) is 0 Å². The van der Waals surface area contributed by atoms with Crippen molar-refractivity contribution in [3.8, 4) is 0 Å². The zero-order valence-electron chi connectivity index (χ0n) is 11.3. The van der Waals surface area contributed by atoms with E-state index in [1.54, 1.807) is 20.8 Å². The lowest BCUT2D eigenvalue weighted by Crippen LogP contribution is -2.14. The molecular formula is C12H14N4O3S. The van der Waals surface area contributed by atoms with Gasteiger partial charge in [-0.1, -0.05) is 0 Å². The predicted molar refractivity (Wildman–Crippen MR) is 74.1 cm³/mol. The minimum Gasteiger partial charge on any atom is -0.461 e. The van der Waals surface area contributed by atoms with Gasteiger partial charge in [0.1, 0.15) is 5.69 Å². The van der Waals surface area contributed by atoms with Gasteiger partial charge in [-0.15, -0.1) is 11.3 Å². The van der Waals surface area contributed by atoms with Crippen LogP contribution in [0.25, 0.3) is 0 Å². The maximum Gasteiger partial charge on any atom is 0.367 e. The Labute approximate surface area is 119 Å². The van der Waals surface area contributed by atoms with Crippen LogP contribution in [0.3, 0.4) is 0 Å². The van der Waals surface area contributed by atoms with Gasteiger partial charge in [0.05, 0.1) is 23.7 Å². The summed E-state index contributed by atoms with van der Waals surface area (Å²) in [5.41, 5.74) is 2.26. The molecule has 0 unspecified atom stereocenters. The van der Waals surface area contributed by atoms with Crippen LogP contribution in [0.1, 0.15) is 38.6 Å². The first-order valence-electron chi connectivity index (χ1n) is 5.98. The summed E-state index contributed by atoms with van der Waals surface area (Å²) in [7, 11) is 0. The Hall–Kier alpha value is -2.22. The van der Waals surface area contributed by atoms with Crippen LogP contribution < -0.4 is 5.32 Å². The molecule has 106 valence electrons. The zero-order valence-corrected chi connectivity index (χ0v) is 12.1. The second kappa shape index (κ2) is 5.83. The van der Waals surface area contributed by atoms with Crippen molar-refractivity contribution < 1.29 is 14.3 Å². The molecule has 0 bridgehead atoms. The van der Waals surface area contributed by atoms with Crippen molar-refractivity contribution in [1.29, 1.82) is 0 Å². The Morgan fingerprint density at radius 2 is 2.20 bits per heavy atom. The fourth-order valence-corrected chi connectivity index (χ4v) is 2.27. The van der Waals surface area contributed by atoms with E-state index in [0.717, 1.165) is 17.0 Å². The van der Waals surface area contributed by atoms with Crippen LogP contribution in [0.2, 0.25) is 0 Å². The topological polar surface area (TPSA) is 97.0 Å².